The van der Waals surface area contributed by atoms with E-state index in [0.717, 1.165) is 11.3 Å². The van der Waals surface area contributed by atoms with Gasteiger partial charge in [-0.15, -0.1) is 0 Å². The molecule has 3 N–H and O–H groups in total. The summed E-state index contributed by atoms with van der Waals surface area (Å²) in [6.45, 7) is 2.22. The molecule has 0 aliphatic rings. The summed E-state index contributed by atoms with van der Waals surface area (Å²) in [6, 6.07) is 15.5. The van der Waals surface area contributed by atoms with Crippen molar-refractivity contribution in [1.82, 2.24) is 9.97 Å². The van der Waals surface area contributed by atoms with Crippen LogP contribution in [0.5, 0.6) is 0 Å². The Labute approximate surface area is 145 Å². The van der Waals surface area contributed by atoms with Gasteiger partial charge in [0.1, 0.15) is 11.6 Å². The van der Waals surface area contributed by atoms with Crippen LogP contribution in [0.25, 0.3) is 0 Å². The van der Waals surface area contributed by atoms with Gasteiger partial charge in [-0.25, -0.2) is 9.37 Å². The van der Waals surface area contributed by atoms with Gasteiger partial charge in [-0.2, -0.15) is 4.98 Å². The molecule has 0 aliphatic carbocycles. The standard InChI is InChI=1S/C19H19FN4O/c1-13-4-2-7-16(10-13)23-19-21-9-8-18(24-19)22-12-17(25)14-5-3-6-15(20)11-14/h2-11,17,25H,12H2,1H3,(H2,21,22,23,24). The van der Waals surface area contributed by atoms with E-state index in [1.807, 2.05) is 31.2 Å². The Hall–Kier alpha value is -2.99. The van der Waals surface area contributed by atoms with Crippen molar-refractivity contribution in [3.63, 3.8) is 0 Å². The van der Waals surface area contributed by atoms with Crippen molar-refractivity contribution in [2.24, 2.45) is 0 Å². The van der Waals surface area contributed by atoms with Crippen molar-refractivity contribution in [3.05, 3.63) is 77.7 Å². The van der Waals surface area contributed by atoms with Gasteiger partial charge in [-0.05, 0) is 48.4 Å². The molecule has 0 fully saturated rings. The molecule has 1 heterocycles. The van der Waals surface area contributed by atoms with E-state index in [4.69, 9.17) is 0 Å². The molecule has 0 saturated carbocycles. The number of nitrogens with one attached hydrogen (secondary N) is 2. The maximum Gasteiger partial charge on any atom is 0.229 e. The highest BCUT2D eigenvalue weighted by Gasteiger charge is 2.09. The molecule has 2 aromatic carbocycles. The summed E-state index contributed by atoms with van der Waals surface area (Å²) in [5, 5.41) is 16.3. The van der Waals surface area contributed by atoms with Crippen LogP contribution in [0, 0.1) is 12.7 Å². The molecule has 0 radical (unpaired) electrons. The normalized spacial score (nSPS) is 11.8. The van der Waals surface area contributed by atoms with Crippen molar-refractivity contribution >= 4 is 17.5 Å². The third kappa shape index (κ3) is 4.74. The van der Waals surface area contributed by atoms with Gasteiger partial charge in [0.15, 0.2) is 0 Å². The smallest absolute Gasteiger partial charge is 0.229 e. The molecule has 0 amide bonds. The monoisotopic (exact) mass is 338 g/mol. The van der Waals surface area contributed by atoms with Crippen LogP contribution in [0.2, 0.25) is 0 Å². The molecular formula is C19H19FN4O. The van der Waals surface area contributed by atoms with Crippen molar-refractivity contribution in [1.29, 1.82) is 0 Å². The summed E-state index contributed by atoms with van der Waals surface area (Å²) in [7, 11) is 0. The van der Waals surface area contributed by atoms with Gasteiger partial charge in [0.05, 0.1) is 6.10 Å². The Balaban J connectivity index is 1.63. The maximum absolute atomic E-state index is 13.2. The van der Waals surface area contributed by atoms with Crippen LogP contribution < -0.4 is 10.6 Å². The third-order valence-corrected chi connectivity index (χ3v) is 3.64. The number of aliphatic hydroxyl groups is 1. The van der Waals surface area contributed by atoms with E-state index in [9.17, 15) is 9.50 Å². The number of aryl methyl sites for hydroxylation is 1. The number of anilines is 3. The van der Waals surface area contributed by atoms with Crippen molar-refractivity contribution < 1.29 is 9.50 Å². The number of halogens is 1. The molecule has 1 aromatic heterocycles. The minimum atomic E-state index is -0.834. The molecule has 25 heavy (non-hydrogen) atoms. The van der Waals surface area contributed by atoms with E-state index in [0.29, 0.717) is 17.3 Å². The summed E-state index contributed by atoms with van der Waals surface area (Å²) in [4.78, 5) is 8.55. The largest absolute Gasteiger partial charge is 0.387 e. The first-order valence-electron chi connectivity index (χ1n) is 7.94. The summed E-state index contributed by atoms with van der Waals surface area (Å²) in [5.41, 5.74) is 2.55. The van der Waals surface area contributed by atoms with E-state index < -0.39 is 6.10 Å². The van der Waals surface area contributed by atoms with E-state index in [1.165, 1.54) is 12.1 Å². The van der Waals surface area contributed by atoms with Gasteiger partial charge in [0, 0.05) is 18.4 Å². The molecule has 0 bridgehead atoms. The minimum Gasteiger partial charge on any atom is -0.387 e. The zero-order chi connectivity index (χ0) is 17.6. The lowest BCUT2D eigenvalue weighted by Gasteiger charge is -2.13. The summed E-state index contributed by atoms with van der Waals surface area (Å²) in [5.74, 6) is 0.652. The van der Waals surface area contributed by atoms with Crippen LogP contribution >= 0.6 is 0 Å². The molecule has 1 unspecified atom stereocenters. The molecule has 6 heteroatoms. The number of benzene rings is 2. The van der Waals surface area contributed by atoms with Crippen molar-refractivity contribution in [3.8, 4) is 0 Å². The summed E-state index contributed by atoms with van der Waals surface area (Å²) < 4.78 is 13.2. The molecule has 128 valence electrons. The zero-order valence-corrected chi connectivity index (χ0v) is 13.8. The van der Waals surface area contributed by atoms with Crippen molar-refractivity contribution in [2.45, 2.75) is 13.0 Å². The lowest BCUT2D eigenvalue weighted by atomic mass is 10.1. The highest BCUT2D eigenvalue weighted by molar-refractivity contribution is 5.55. The first kappa shape index (κ1) is 16.9. The van der Waals surface area contributed by atoms with Crippen LogP contribution in [0.4, 0.5) is 21.8 Å². The molecule has 1 atom stereocenters. The Morgan fingerprint density at radius 3 is 2.76 bits per heavy atom. The van der Waals surface area contributed by atoms with E-state index >= 15 is 0 Å². The Morgan fingerprint density at radius 1 is 1.12 bits per heavy atom. The lowest BCUT2D eigenvalue weighted by molar-refractivity contribution is 0.191. The molecular weight excluding hydrogens is 319 g/mol. The first-order chi connectivity index (χ1) is 12.1. The van der Waals surface area contributed by atoms with Crippen LogP contribution in [-0.2, 0) is 0 Å². The van der Waals surface area contributed by atoms with Crippen LogP contribution in [-0.4, -0.2) is 21.6 Å². The van der Waals surface area contributed by atoms with Crippen LogP contribution in [0.3, 0.4) is 0 Å². The average molecular weight is 338 g/mol. The number of hydrogen-bond acceptors (Lipinski definition) is 5. The third-order valence-electron chi connectivity index (χ3n) is 3.64. The molecule has 5 nitrogen and oxygen atoms in total. The fourth-order valence-corrected chi connectivity index (χ4v) is 2.40. The van der Waals surface area contributed by atoms with Crippen LogP contribution in [0.15, 0.2) is 60.8 Å². The van der Waals surface area contributed by atoms with E-state index in [2.05, 4.69) is 20.6 Å². The molecule has 3 rings (SSSR count). The summed E-state index contributed by atoms with van der Waals surface area (Å²) >= 11 is 0. The fourth-order valence-electron chi connectivity index (χ4n) is 2.40. The topological polar surface area (TPSA) is 70.1 Å². The maximum atomic E-state index is 13.2. The number of aromatic nitrogens is 2. The van der Waals surface area contributed by atoms with Crippen LogP contribution in [0.1, 0.15) is 17.2 Å². The second kappa shape index (κ2) is 7.72. The lowest BCUT2D eigenvalue weighted by Crippen LogP contribution is -2.13. The van der Waals surface area contributed by atoms with Gasteiger partial charge < -0.3 is 15.7 Å². The van der Waals surface area contributed by atoms with Crippen molar-refractivity contribution in [2.75, 3.05) is 17.2 Å². The number of hydrogen-bond donors (Lipinski definition) is 3. The second-order valence-electron chi connectivity index (χ2n) is 5.71. The zero-order valence-electron chi connectivity index (χ0n) is 13.8. The summed E-state index contributed by atoms with van der Waals surface area (Å²) in [6.07, 6.45) is 0.793. The van der Waals surface area contributed by atoms with E-state index in [-0.39, 0.29) is 12.4 Å². The Bertz CT molecular complexity index is 856. The number of rotatable bonds is 6. The minimum absolute atomic E-state index is 0.213. The fraction of sp³-hybridized carbons (Fsp3) is 0.158. The highest BCUT2D eigenvalue weighted by Crippen LogP contribution is 2.17. The van der Waals surface area contributed by atoms with Gasteiger partial charge in [0.25, 0.3) is 0 Å². The van der Waals surface area contributed by atoms with Gasteiger partial charge in [-0.3, -0.25) is 0 Å². The SMILES string of the molecule is Cc1cccc(Nc2nccc(NCC(O)c3cccc(F)c3)n2)c1. The predicted molar refractivity (Wildman–Crippen MR) is 96.3 cm³/mol. The number of aliphatic hydroxyl groups excluding tert-OH is 1. The Kier molecular flexibility index (Phi) is 5.20. The second-order valence-corrected chi connectivity index (χ2v) is 5.71. The molecule has 3 aromatic rings. The Morgan fingerprint density at radius 2 is 1.96 bits per heavy atom. The molecule has 0 saturated heterocycles. The van der Waals surface area contributed by atoms with Gasteiger partial charge >= 0.3 is 0 Å². The number of nitrogens with zero attached hydrogens (tertiary/aromatic N) is 2. The highest BCUT2D eigenvalue weighted by atomic mass is 19.1. The molecule has 0 aliphatic heterocycles. The van der Waals surface area contributed by atoms with Gasteiger partial charge in [-0.1, -0.05) is 24.3 Å². The average Bonchev–Trinajstić information content (AvgIpc) is 2.60. The van der Waals surface area contributed by atoms with E-state index in [1.54, 1.807) is 24.4 Å². The first-order valence-corrected chi connectivity index (χ1v) is 7.94. The van der Waals surface area contributed by atoms with Gasteiger partial charge in [0.2, 0.25) is 5.95 Å². The molecule has 0 spiro atoms. The quantitative estimate of drug-likeness (QED) is 0.637. The predicted octanol–water partition coefficient (Wildman–Crippen LogP) is 3.81.